The van der Waals surface area contributed by atoms with Gasteiger partial charge in [0.1, 0.15) is 11.5 Å². The van der Waals surface area contributed by atoms with E-state index in [0.29, 0.717) is 5.56 Å². The van der Waals surface area contributed by atoms with Crippen LogP contribution in [0.25, 0.3) is 22.3 Å². The Morgan fingerprint density at radius 1 is 0.436 bits per heavy atom. The van der Waals surface area contributed by atoms with Gasteiger partial charge in [0.15, 0.2) is 5.78 Å². The molecule has 0 aliphatic carbocycles. The quantitative estimate of drug-likeness (QED) is 0.155. The lowest BCUT2D eigenvalue weighted by Gasteiger charge is -2.19. The average Bonchev–Trinajstić information content (AvgIpc) is 3.00. The zero-order valence-electron chi connectivity index (χ0n) is 22.3. The summed E-state index contributed by atoms with van der Waals surface area (Å²) in [7, 11) is 3.36. The highest BCUT2D eigenvalue weighted by molar-refractivity contribution is 6.04. The van der Waals surface area contributed by atoms with Gasteiger partial charge in [-0.25, -0.2) is 0 Å². The van der Waals surface area contributed by atoms with Gasteiger partial charge in [-0.15, -0.1) is 0 Å². The van der Waals surface area contributed by atoms with E-state index in [-0.39, 0.29) is 5.78 Å². The number of hydrogen-bond donors (Lipinski definition) is 0. The van der Waals surface area contributed by atoms with Crippen molar-refractivity contribution in [1.29, 1.82) is 0 Å². The van der Waals surface area contributed by atoms with Crippen LogP contribution in [0.4, 0.5) is 0 Å². The van der Waals surface area contributed by atoms with E-state index in [1.54, 1.807) is 21.1 Å². The van der Waals surface area contributed by atoms with E-state index in [1.807, 2.05) is 54.6 Å². The second-order valence-corrected chi connectivity index (χ2v) is 9.28. The second kappa shape index (κ2) is 11.7. The van der Waals surface area contributed by atoms with E-state index in [2.05, 4.69) is 72.8 Å². The Morgan fingerprint density at radius 2 is 0.769 bits per heavy atom. The summed E-state index contributed by atoms with van der Waals surface area (Å²) in [6, 6.07) is 43.3. The highest BCUT2D eigenvalue weighted by Gasteiger charge is 2.17. The van der Waals surface area contributed by atoms with Crippen molar-refractivity contribution in [2.45, 2.75) is 6.92 Å². The van der Waals surface area contributed by atoms with E-state index in [4.69, 9.17) is 9.47 Å². The Morgan fingerprint density at radius 3 is 1.13 bits per heavy atom. The van der Waals surface area contributed by atoms with Gasteiger partial charge >= 0.3 is 0 Å². The molecule has 0 atom stereocenters. The number of methoxy groups -OCH3 is 2. The minimum Gasteiger partial charge on any atom is -0.497 e. The Hall–Kier alpha value is -4.89. The molecule has 3 nitrogen and oxygen atoms in total. The molecular weight excluding hydrogens is 480 g/mol. The lowest BCUT2D eigenvalue weighted by Crippen LogP contribution is -1.98. The number of hydrogen-bond acceptors (Lipinski definition) is 3. The minimum atomic E-state index is 0.0686. The number of rotatable bonds is 8. The van der Waals surface area contributed by atoms with Gasteiger partial charge in [-0.3, -0.25) is 4.79 Å². The molecule has 0 radical (unpaired) electrons. The van der Waals surface area contributed by atoms with E-state index in [1.165, 1.54) is 0 Å². The van der Waals surface area contributed by atoms with Gasteiger partial charge in [-0.1, -0.05) is 103 Å². The van der Waals surface area contributed by atoms with Crippen molar-refractivity contribution in [2.75, 3.05) is 14.2 Å². The van der Waals surface area contributed by atoms with Gasteiger partial charge in [0.05, 0.1) is 14.2 Å². The van der Waals surface area contributed by atoms with Crippen molar-refractivity contribution < 1.29 is 14.3 Å². The van der Waals surface area contributed by atoms with Gasteiger partial charge in [-0.05, 0) is 75.7 Å². The third-order valence-electron chi connectivity index (χ3n) is 6.87. The molecule has 39 heavy (non-hydrogen) atoms. The first kappa shape index (κ1) is 25.7. The zero-order chi connectivity index (χ0) is 27.2. The van der Waals surface area contributed by atoms with Gasteiger partial charge in [0.2, 0.25) is 0 Å². The van der Waals surface area contributed by atoms with Crippen LogP contribution in [0.1, 0.15) is 39.5 Å². The first-order chi connectivity index (χ1) is 19.1. The fourth-order valence-electron chi connectivity index (χ4n) is 4.76. The molecule has 0 aliphatic heterocycles. The molecule has 0 aromatic heterocycles. The summed E-state index contributed by atoms with van der Waals surface area (Å²) in [5, 5.41) is 0. The van der Waals surface area contributed by atoms with E-state index in [9.17, 15) is 4.79 Å². The first-order valence-corrected chi connectivity index (χ1v) is 12.9. The summed E-state index contributed by atoms with van der Waals surface area (Å²) in [6.45, 7) is 1.59. The normalized spacial score (nSPS) is 10.5. The molecule has 0 aliphatic rings. The maximum Gasteiger partial charge on any atom is 0.159 e. The summed E-state index contributed by atoms with van der Waals surface area (Å²) in [5.41, 5.74) is 9.53. The highest BCUT2D eigenvalue weighted by atomic mass is 16.5. The molecule has 0 saturated heterocycles. The number of ketones is 1. The van der Waals surface area contributed by atoms with Crippen molar-refractivity contribution in [3.63, 3.8) is 0 Å². The Bertz CT molecular complexity index is 1530. The molecule has 0 amide bonds. The van der Waals surface area contributed by atoms with E-state index in [0.717, 1.165) is 56.0 Å². The van der Waals surface area contributed by atoms with Gasteiger partial charge in [0, 0.05) is 5.56 Å². The third kappa shape index (κ3) is 5.68. The highest BCUT2D eigenvalue weighted by Crippen LogP contribution is 2.38. The van der Waals surface area contributed by atoms with Crippen molar-refractivity contribution in [3.05, 3.63) is 155 Å². The number of carbonyl (C=O) groups excluding carboxylic acids is 1. The van der Waals surface area contributed by atoms with Crippen molar-refractivity contribution in [2.24, 2.45) is 0 Å². The van der Waals surface area contributed by atoms with Gasteiger partial charge in [-0.2, -0.15) is 0 Å². The first-order valence-electron chi connectivity index (χ1n) is 12.9. The third-order valence-corrected chi connectivity index (χ3v) is 6.87. The molecule has 0 fully saturated rings. The maximum absolute atomic E-state index is 11.7. The molecule has 5 aromatic carbocycles. The number of benzene rings is 5. The fraction of sp³-hybridized carbons (Fsp3) is 0.0833. The zero-order valence-corrected chi connectivity index (χ0v) is 22.3. The van der Waals surface area contributed by atoms with Crippen LogP contribution in [-0.2, 0) is 0 Å². The van der Waals surface area contributed by atoms with Crippen molar-refractivity contribution in [3.8, 4) is 22.6 Å². The Kier molecular flexibility index (Phi) is 7.70. The average molecular weight is 511 g/mol. The predicted molar refractivity (Wildman–Crippen MR) is 159 cm³/mol. The fourth-order valence-corrected chi connectivity index (χ4v) is 4.76. The van der Waals surface area contributed by atoms with Crippen LogP contribution >= 0.6 is 0 Å². The summed E-state index contributed by atoms with van der Waals surface area (Å²) < 4.78 is 10.9. The molecule has 0 spiro atoms. The number of carbonyl (C=O) groups is 1. The van der Waals surface area contributed by atoms with E-state index >= 15 is 0 Å². The number of ether oxygens (including phenoxy) is 2. The molecule has 192 valence electrons. The summed E-state index contributed by atoms with van der Waals surface area (Å²) in [4.78, 5) is 11.7. The largest absolute Gasteiger partial charge is 0.497 e. The SMILES string of the molecule is COc1ccc(C(=C(c2ccccc2)c2ccc(-c3ccc(C(C)=O)cc3)cc2)c2ccc(OC)cc2)cc1. The van der Waals surface area contributed by atoms with Crippen LogP contribution in [0.5, 0.6) is 11.5 Å². The van der Waals surface area contributed by atoms with Gasteiger partial charge in [0.25, 0.3) is 0 Å². The molecule has 0 unspecified atom stereocenters. The second-order valence-electron chi connectivity index (χ2n) is 9.28. The van der Waals surface area contributed by atoms with Crippen LogP contribution in [-0.4, -0.2) is 20.0 Å². The van der Waals surface area contributed by atoms with Crippen LogP contribution < -0.4 is 9.47 Å². The van der Waals surface area contributed by atoms with Crippen molar-refractivity contribution in [1.82, 2.24) is 0 Å². The molecule has 0 saturated carbocycles. The Labute approximate surface area is 230 Å². The molecular formula is C36H30O3. The summed E-state index contributed by atoms with van der Waals surface area (Å²) >= 11 is 0. The molecule has 0 bridgehead atoms. The lowest BCUT2D eigenvalue weighted by molar-refractivity contribution is 0.101. The van der Waals surface area contributed by atoms with E-state index < -0.39 is 0 Å². The van der Waals surface area contributed by atoms with Crippen LogP contribution in [0.15, 0.2) is 127 Å². The molecule has 5 aromatic rings. The molecule has 0 N–H and O–H groups in total. The molecule has 5 rings (SSSR count). The number of Topliss-reactive ketones (excluding diaryl/α,β-unsaturated/α-hetero) is 1. The maximum atomic E-state index is 11.7. The van der Waals surface area contributed by atoms with Crippen LogP contribution in [0, 0.1) is 0 Å². The van der Waals surface area contributed by atoms with Crippen LogP contribution in [0.2, 0.25) is 0 Å². The Balaban J connectivity index is 1.70. The standard InChI is InChI=1S/C36H30O3/c1-25(37)26-9-11-27(12-10-26)28-13-15-30(16-14-28)35(29-7-5-4-6-8-29)36(31-17-21-33(38-2)22-18-31)32-19-23-34(39-3)24-20-32/h4-24H,1-3H3. The summed E-state index contributed by atoms with van der Waals surface area (Å²) in [5.74, 6) is 1.70. The van der Waals surface area contributed by atoms with Crippen LogP contribution in [0.3, 0.4) is 0 Å². The van der Waals surface area contributed by atoms with Crippen molar-refractivity contribution >= 4 is 16.9 Å². The summed E-state index contributed by atoms with van der Waals surface area (Å²) in [6.07, 6.45) is 0. The minimum absolute atomic E-state index is 0.0686. The predicted octanol–water partition coefficient (Wildman–Crippen LogP) is 8.58. The topological polar surface area (TPSA) is 35.5 Å². The molecule has 3 heteroatoms. The molecule has 0 heterocycles. The smallest absolute Gasteiger partial charge is 0.159 e. The monoisotopic (exact) mass is 510 g/mol. The van der Waals surface area contributed by atoms with Gasteiger partial charge < -0.3 is 9.47 Å². The lowest BCUT2D eigenvalue weighted by atomic mass is 9.85.